The second-order valence-electron chi connectivity index (χ2n) is 3.86. The molecule has 0 saturated carbocycles. The quantitative estimate of drug-likeness (QED) is 0.646. The lowest BCUT2D eigenvalue weighted by Crippen LogP contribution is -2.24. The van der Waals surface area contributed by atoms with E-state index in [4.69, 9.17) is 15.2 Å². The van der Waals surface area contributed by atoms with Crippen LogP contribution in [0.2, 0.25) is 0 Å². The Bertz CT molecular complexity index is 392. The molecule has 0 spiro atoms. The lowest BCUT2D eigenvalue weighted by Gasteiger charge is -2.07. The van der Waals surface area contributed by atoms with Crippen LogP contribution >= 0.6 is 0 Å². The van der Waals surface area contributed by atoms with E-state index in [1.807, 2.05) is 6.92 Å². The first-order valence-corrected chi connectivity index (χ1v) is 6.25. The first kappa shape index (κ1) is 14.7. The van der Waals surface area contributed by atoms with Crippen molar-refractivity contribution in [3.8, 4) is 5.75 Å². The third-order valence-electron chi connectivity index (χ3n) is 2.26. The van der Waals surface area contributed by atoms with Gasteiger partial charge in [-0.15, -0.1) is 0 Å². The molecule has 1 aromatic heterocycles. The Labute approximate surface area is 107 Å². The van der Waals surface area contributed by atoms with Crippen LogP contribution in [-0.4, -0.2) is 36.1 Å². The van der Waals surface area contributed by atoms with Crippen LogP contribution < -0.4 is 16.0 Å². The highest BCUT2D eigenvalue weighted by Crippen LogP contribution is 2.03. The SMILES string of the molecule is CCCOCCn1ncc(OCCCN)cc1=O. The van der Waals surface area contributed by atoms with Gasteiger partial charge in [0.15, 0.2) is 0 Å². The molecule has 0 atom stereocenters. The van der Waals surface area contributed by atoms with E-state index < -0.39 is 0 Å². The molecule has 102 valence electrons. The van der Waals surface area contributed by atoms with E-state index >= 15 is 0 Å². The van der Waals surface area contributed by atoms with Crippen molar-refractivity contribution in [3.63, 3.8) is 0 Å². The number of hydrogen-bond donors (Lipinski definition) is 1. The molecule has 2 N–H and O–H groups in total. The summed E-state index contributed by atoms with van der Waals surface area (Å²) in [6.45, 7) is 4.77. The van der Waals surface area contributed by atoms with Gasteiger partial charge in [-0.1, -0.05) is 6.92 Å². The summed E-state index contributed by atoms with van der Waals surface area (Å²) in [5, 5.41) is 4.02. The molecule has 1 aromatic rings. The topological polar surface area (TPSA) is 79.4 Å². The molecule has 18 heavy (non-hydrogen) atoms. The summed E-state index contributed by atoms with van der Waals surface area (Å²) >= 11 is 0. The van der Waals surface area contributed by atoms with E-state index in [2.05, 4.69) is 5.10 Å². The Kier molecular flexibility index (Phi) is 7.05. The summed E-state index contributed by atoms with van der Waals surface area (Å²) in [6, 6.07) is 1.43. The van der Waals surface area contributed by atoms with Gasteiger partial charge < -0.3 is 15.2 Å². The molecular formula is C12H21N3O3. The average molecular weight is 255 g/mol. The Morgan fingerprint density at radius 3 is 2.89 bits per heavy atom. The predicted molar refractivity (Wildman–Crippen MR) is 68.8 cm³/mol. The highest BCUT2D eigenvalue weighted by atomic mass is 16.5. The summed E-state index contributed by atoms with van der Waals surface area (Å²) in [6.07, 6.45) is 3.27. The van der Waals surface area contributed by atoms with Crippen molar-refractivity contribution in [1.29, 1.82) is 0 Å². The lowest BCUT2D eigenvalue weighted by atomic mass is 10.4. The highest BCUT2D eigenvalue weighted by molar-refractivity contribution is 5.13. The minimum Gasteiger partial charge on any atom is -0.492 e. The van der Waals surface area contributed by atoms with E-state index in [1.165, 1.54) is 16.9 Å². The maximum Gasteiger partial charge on any atom is 0.270 e. The van der Waals surface area contributed by atoms with Crippen molar-refractivity contribution in [2.75, 3.05) is 26.4 Å². The van der Waals surface area contributed by atoms with Crippen molar-refractivity contribution in [2.45, 2.75) is 26.3 Å². The number of nitrogens with zero attached hydrogens (tertiary/aromatic N) is 2. The molecule has 0 aromatic carbocycles. The first-order valence-electron chi connectivity index (χ1n) is 6.25. The van der Waals surface area contributed by atoms with Crippen molar-refractivity contribution >= 4 is 0 Å². The summed E-state index contributed by atoms with van der Waals surface area (Å²) < 4.78 is 12.0. The van der Waals surface area contributed by atoms with E-state index in [-0.39, 0.29) is 5.56 Å². The van der Waals surface area contributed by atoms with Crippen LogP contribution in [0.3, 0.4) is 0 Å². The highest BCUT2D eigenvalue weighted by Gasteiger charge is 2.01. The van der Waals surface area contributed by atoms with Crippen molar-refractivity contribution in [2.24, 2.45) is 5.73 Å². The van der Waals surface area contributed by atoms with Crippen molar-refractivity contribution in [1.82, 2.24) is 9.78 Å². The Hall–Kier alpha value is -1.40. The summed E-state index contributed by atoms with van der Waals surface area (Å²) in [5.41, 5.74) is 5.17. The molecular weight excluding hydrogens is 234 g/mol. The maximum absolute atomic E-state index is 11.7. The van der Waals surface area contributed by atoms with Gasteiger partial charge in [0.1, 0.15) is 5.75 Å². The van der Waals surface area contributed by atoms with E-state index in [0.717, 1.165) is 12.8 Å². The Balaban J connectivity index is 2.44. The Morgan fingerprint density at radius 1 is 1.39 bits per heavy atom. The minimum absolute atomic E-state index is 0.180. The zero-order chi connectivity index (χ0) is 13.2. The van der Waals surface area contributed by atoms with Crippen molar-refractivity contribution in [3.05, 3.63) is 22.6 Å². The first-order chi connectivity index (χ1) is 8.77. The van der Waals surface area contributed by atoms with Crippen LogP contribution in [-0.2, 0) is 11.3 Å². The molecule has 0 aliphatic heterocycles. The molecule has 0 radical (unpaired) electrons. The summed E-state index contributed by atoms with van der Waals surface area (Å²) in [5.74, 6) is 0.485. The summed E-state index contributed by atoms with van der Waals surface area (Å²) in [4.78, 5) is 11.7. The van der Waals surface area contributed by atoms with Crippen LogP contribution in [0.4, 0.5) is 0 Å². The molecule has 0 aliphatic rings. The number of nitrogens with two attached hydrogens (primary N) is 1. The van der Waals surface area contributed by atoms with Gasteiger partial charge in [0, 0.05) is 12.7 Å². The number of ether oxygens (including phenoxy) is 2. The second-order valence-corrected chi connectivity index (χ2v) is 3.86. The second kappa shape index (κ2) is 8.66. The van der Waals surface area contributed by atoms with E-state index in [1.54, 1.807) is 0 Å². The van der Waals surface area contributed by atoms with Gasteiger partial charge in [-0.05, 0) is 19.4 Å². The van der Waals surface area contributed by atoms with Gasteiger partial charge in [0.2, 0.25) is 0 Å². The maximum atomic E-state index is 11.7. The van der Waals surface area contributed by atoms with Gasteiger partial charge in [0.05, 0.1) is 26.0 Å². The largest absolute Gasteiger partial charge is 0.492 e. The fourth-order valence-electron chi connectivity index (χ4n) is 1.33. The minimum atomic E-state index is -0.180. The van der Waals surface area contributed by atoms with Crippen LogP contribution in [0, 0.1) is 0 Å². The fraction of sp³-hybridized carbons (Fsp3) is 0.667. The third-order valence-corrected chi connectivity index (χ3v) is 2.26. The standard InChI is InChI=1S/C12H21N3O3/c1-2-6-17-8-5-15-12(16)9-11(10-14-15)18-7-3-4-13/h9-10H,2-8,13H2,1H3. The van der Waals surface area contributed by atoms with Gasteiger partial charge >= 0.3 is 0 Å². The molecule has 6 nitrogen and oxygen atoms in total. The lowest BCUT2D eigenvalue weighted by molar-refractivity contribution is 0.123. The van der Waals surface area contributed by atoms with Gasteiger partial charge in [0.25, 0.3) is 5.56 Å². The molecule has 0 amide bonds. The molecule has 1 heterocycles. The number of hydrogen-bond acceptors (Lipinski definition) is 5. The average Bonchev–Trinajstić information content (AvgIpc) is 2.37. The molecule has 0 aliphatic carbocycles. The van der Waals surface area contributed by atoms with Gasteiger partial charge in [-0.25, -0.2) is 4.68 Å². The van der Waals surface area contributed by atoms with Crippen LogP contribution in [0.5, 0.6) is 5.75 Å². The smallest absolute Gasteiger partial charge is 0.270 e. The van der Waals surface area contributed by atoms with E-state index in [9.17, 15) is 4.79 Å². The number of rotatable bonds is 9. The normalized spacial score (nSPS) is 10.6. The van der Waals surface area contributed by atoms with Gasteiger partial charge in [-0.3, -0.25) is 4.79 Å². The zero-order valence-corrected chi connectivity index (χ0v) is 10.8. The Morgan fingerprint density at radius 2 is 2.22 bits per heavy atom. The monoisotopic (exact) mass is 255 g/mol. The van der Waals surface area contributed by atoms with E-state index in [0.29, 0.717) is 38.7 Å². The zero-order valence-electron chi connectivity index (χ0n) is 10.8. The number of aromatic nitrogens is 2. The molecule has 0 saturated heterocycles. The molecule has 1 rings (SSSR count). The predicted octanol–water partition coefficient (Wildman–Crippen LogP) is 0.397. The molecule has 0 bridgehead atoms. The third kappa shape index (κ3) is 5.29. The van der Waals surface area contributed by atoms with Crippen LogP contribution in [0.25, 0.3) is 0 Å². The summed E-state index contributed by atoms with van der Waals surface area (Å²) in [7, 11) is 0. The van der Waals surface area contributed by atoms with Crippen LogP contribution in [0.15, 0.2) is 17.1 Å². The van der Waals surface area contributed by atoms with Crippen molar-refractivity contribution < 1.29 is 9.47 Å². The molecule has 6 heteroatoms. The molecule has 0 unspecified atom stereocenters. The fourth-order valence-corrected chi connectivity index (χ4v) is 1.33. The molecule has 0 fully saturated rings. The van der Waals surface area contributed by atoms with Crippen LogP contribution in [0.1, 0.15) is 19.8 Å². The van der Waals surface area contributed by atoms with Gasteiger partial charge in [-0.2, -0.15) is 5.10 Å².